The highest BCUT2D eigenvalue weighted by molar-refractivity contribution is 5.96. The number of aromatic nitrogens is 2. The van der Waals surface area contributed by atoms with Crippen LogP contribution in [0.4, 0.5) is 16.3 Å². The number of anilines is 2. The van der Waals surface area contributed by atoms with Gasteiger partial charge in [0.25, 0.3) is 0 Å². The van der Waals surface area contributed by atoms with Crippen LogP contribution in [0.2, 0.25) is 0 Å². The van der Waals surface area contributed by atoms with E-state index < -0.39 is 5.60 Å². The summed E-state index contributed by atoms with van der Waals surface area (Å²) in [6, 6.07) is 23.7. The normalized spacial score (nSPS) is 18.8. The molecule has 10 heteroatoms. The quantitative estimate of drug-likeness (QED) is 0.171. The average Bonchev–Trinajstić information content (AvgIpc) is 3.37. The third-order valence-corrected chi connectivity index (χ3v) is 9.79. The summed E-state index contributed by atoms with van der Waals surface area (Å²) in [4.78, 5) is 32.3. The van der Waals surface area contributed by atoms with Crippen LogP contribution in [0.5, 0.6) is 11.8 Å². The molecule has 3 aliphatic rings. The summed E-state index contributed by atoms with van der Waals surface area (Å²) < 4.78 is 18.4. The molecule has 0 spiro atoms. The van der Waals surface area contributed by atoms with Gasteiger partial charge in [0, 0.05) is 48.9 Å². The van der Waals surface area contributed by atoms with Gasteiger partial charge in [-0.25, -0.2) is 4.79 Å². The summed E-state index contributed by atoms with van der Waals surface area (Å²) in [5, 5.41) is 2.33. The Kier molecular flexibility index (Phi) is 9.73. The van der Waals surface area contributed by atoms with Crippen LogP contribution in [0.15, 0.2) is 66.7 Å². The van der Waals surface area contributed by atoms with Gasteiger partial charge >= 0.3 is 12.1 Å². The van der Waals surface area contributed by atoms with Crippen LogP contribution in [0.3, 0.4) is 0 Å². The number of amides is 1. The first-order chi connectivity index (χ1) is 24.1. The molecule has 2 unspecified atom stereocenters. The molecule has 3 aliphatic heterocycles. The Balaban J connectivity index is 1.17. The van der Waals surface area contributed by atoms with E-state index in [2.05, 4.69) is 77.3 Å². The lowest BCUT2D eigenvalue weighted by Gasteiger charge is -2.43. The zero-order valence-corrected chi connectivity index (χ0v) is 30.1. The molecule has 0 saturated carbocycles. The molecule has 0 aliphatic carbocycles. The molecule has 4 heterocycles. The molecule has 50 heavy (non-hydrogen) atoms. The number of rotatable bonds is 10. The number of hydrogen-bond donors (Lipinski definition) is 0. The molecule has 1 amide bonds. The second-order valence-corrected chi connectivity index (χ2v) is 15.0. The zero-order valence-electron chi connectivity index (χ0n) is 30.1. The van der Waals surface area contributed by atoms with Crippen LogP contribution < -0.4 is 19.3 Å². The topological polar surface area (TPSA) is 83.5 Å². The molecular formula is C40H50N6O4. The number of nitrogens with zero attached hydrogens (tertiary/aromatic N) is 6. The predicted molar refractivity (Wildman–Crippen MR) is 197 cm³/mol. The van der Waals surface area contributed by atoms with Crippen LogP contribution in [0.25, 0.3) is 10.8 Å². The van der Waals surface area contributed by atoms with Crippen LogP contribution in [-0.4, -0.2) is 90.4 Å². The fraction of sp³-hybridized carbons (Fsp3) is 0.475. The molecular weight excluding hydrogens is 628 g/mol. The standard InChI is InChI=1S/C40H50N6O4/c1-40(2,3)50-39(47)46-30-16-17-31(46)25-45(24-30)37-34-18-20-44(26-35(34)41-38(42-37)48-21-11-19-43(4)5)36-23-32(22-29-14-9-10-15-33(29)36)49-27-28-12-7-6-8-13-28/h6-10,12-15,22-23,30-31H,11,16-21,24-27H2,1-5H3. The smallest absolute Gasteiger partial charge is 0.410 e. The fourth-order valence-electron chi connectivity index (χ4n) is 7.50. The SMILES string of the molecule is CN(C)CCCOc1nc2c(c(N3CC4CCC(C3)N4C(=O)OC(C)(C)C)n1)CCN(c1cc(OCc3ccccc3)cc3ccccc13)C2. The van der Waals surface area contributed by atoms with Crippen molar-refractivity contribution in [2.45, 2.75) is 77.3 Å². The van der Waals surface area contributed by atoms with Crippen molar-refractivity contribution in [1.29, 1.82) is 0 Å². The molecule has 0 radical (unpaired) electrons. The molecule has 0 N–H and O–H groups in total. The molecule has 10 nitrogen and oxygen atoms in total. The van der Waals surface area contributed by atoms with Crippen molar-refractivity contribution in [3.63, 3.8) is 0 Å². The minimum Gasteiger partial charge on any atom is -0.489 e. The van der Waals surface area contributed by atoms with Gasteiger partial charge < -0.3 is 28.9 Å². The highest BCUT2D eigenvalue weighted by Crippen LogP contribution is 2.39. The van der Waals surface area contributed by atoms with Gasteiger partial charge in [-0.05, 0) is 77.6 Å². The molecule has 2 bridgehead atoms. The van der Waals surface area contributed by atoms with E-state index in [4.69, 9.17) is 24.2 Å². The largest absolute Gasteiger partial charge is 0.489 e. The molecule has 7 rings (SSSR count). The van der Waals surface area contributed by atoms with Gasteiger partial charge in [0.1, 0.15) is 23.8 Å². The summed E-state index contributed by atoms with van der Waals surface area (Å²) in [6.07, 6.45) is 3.40. The lowest BCUT2D eigenvalue weighted by atomic mass is 10.0. The van der Waals surface area contributed by atoms with Gasteiger partial charge in [-0.3, -0.25) is 4.90 Å². The molecule has 3 aromatic carbocycles. The Morgan fingerprint density at radius 1 is 0.920 bits per heavy atom. The van der Waals surface area contributed by atoms with Crippen molar-refractivity contribution in [2.75, 3.05) is 56.7 Å². The lowest BCUT2D eigenvalue weighted by molar-refractivity contribution is 0.0122. The number of piperazine rings is 1. The van der Waals surface area contributed by atoms with Gasteiger partial charge in [0.05, 0.1) is 30.9 Å². The number of ether oxygens (including phenoxy) is 3. The zero-order chi connectivity index (χ0) is 34.8. The summed E-state index contributed by atoms with van der Waals surface area (Å²) in [5.41, 5.74) is 3.91. The minimum atomic E-state index is -0.525. The van der Waals surface area contributed by atoms with Crippen molar-refractivity contribution < 1.29 is 19.0 Å². The first-order valence-corrected chi connectivity index (χ1v) is 18.0. The first-order valence-electron chi connectivity index (χ1n) is 18.0. The van der Waals surface area contributed by atoms with Crippen LogP contribution in [0.1, 0.15) is 56.9 Å². The maximum atomic E-state index is 13.2. The summed E-state index contributed by atoms with van der Waals surface area (Å²) in [7, 11) is 4.14. The third kappa shape index (κ3) is 7.60. The summed E-state index contributed by atoms with van der Waals surface area (Å²) >= 11 is 0. The molecule has 264 valence electrons. The number of carbonyl (C=O) groups excluding carboxylic acids is 1. The van der Waals surface area contributed by atoms with Crippen molar-refractivity contribution >= 4 is 28.4 Å². The molecule has 2 saturated heterocycles. The number of hydrogen-bond acceptors (Lipinski definition) is 9. The predicted octanol–water partition coefficient (Wildman–Crippen LogP) is 6.69. The number of fused-ring (bicyclic) bond motifs is 4. The van der Waals surface area contributed by atoms with E-state index in [1.807, 2.05) is 43.9 Å². The number of benzene rings is 3. The van der Waals surface area contributed by atoms with Gasteiger partial charge in [0.2, 0.25) is 0 Å². The second kappa shape index (κ2) is 14.3. The van der Waals surface area contributed by atoms with E-state index in [0.29, 0.717) is 38.9 Å². The molecule has 4 aromatic rings. The second-order valence-electron chi connectivity index (χ2n) is 15.0. The average molecular weight is 679 g/mol. The van der Waals surface area contributed by atoms with E-state index in [1.165, 1.54) is 10.9 Å². The van der Waals surface area contributed by atoms with Crippen LogP contribution in [-0.2, 0) is 24.3 Å². The van der Waals surface area contributed by atoms with E-state index in [0.717, 1.165) is 72.7 Å². The Labute approximate surface area is 295 Å². The maximum absolute atomic E-state index is 13.2. The van der Waals surface area contributed by atoms with Gasteiger partial charge in [-0.15, -0.1) is 0 Å². The molecule has 2 fully saturated rings. The number of carbonyl (C=O) groups is 1. The Morgan fingerprint density at radius 3 is 2.40 bits per heavy atom. The van der Waals surface area contributed by atoms with E-state index >= 15 is 0 Å². The van der Waals surface area contributed by atoms with Crippen LogP contribution >= 0.6 is 0 Å². The van der Waals surface area contributed by atoms with Crippen molar-refractivity contribution in [3.05, 3.63) is 83.6 Å². The lowest BCUT2D eigenvalue weighted by Crippen LogP contribution is -2.57. The summed E-state index contributed by atoms with van der Waals surface area (Å²) in [5.74, 6) is 1.79. The van der Waals surface area contributed by atoms with Crippen LogP contribution in [0, 0.1) is 0 Å². The highest BCUT2D eigenvalue weighted by atomic mass is 16.6. The summed E-state index contributed by atoms with van der Waals surface area (Å²) in [6.45, 7) is 10.7. The fourth-order valence-corrected chi connectivity index (χ4v) is 7.50. The van der Waals surface area contributed by atoms with Crippen molar-refractivity contribution in [1.82, 2.24) is 19.8 Å². The minimum absolute atomic E-state index is 0.0868. The van der Waals surface area contributed by atoms with Crippen molar-refractivity contribution in [2.24, 2.45) is 0 Å². The van der Waals surface area contributed by atoms with Crippen molar-refractivity contribution in [3.8, 4) is 11.8 Å². The third-order valence-electron chi connectivity index (χ3n) is 9.79. The van der Waals surface area contributed by atoms with E-state index in [-0.39, 0.29) is 18.2 Å². The maximum Gasteiger partial charge on any atom is 0.410 e. The van der Waals surface area contributed by atoms with Gasteiger partial charge in [0.15, 0.2) is 0 Å². The monoisotopic (exact) mass is 678 g/mol. The Morgan fingerprint density at radius 2 is 1.66 bits per heavy atom. The Hall–Kier alpha value is -4.57. The Bertz CT molecular complexity index is 1800. The van der Waals surface area contributed by atoms with Gasteiger partial charge in [-0.2, -0.15) is 9.97 Å². The van der Waals surface area contributed by atoms with E-state index in [1.54, 1.807) is 0 Å². The van der Waals surface area contributed by atoms with Gasteiger partial charge in [-0.1, -0.05) is 54.6 Å². The van der Waals surface area contributed by atoms with E-state index in [9.17, 15) is 4.79 Å². The highest BCUT2D eigenvalue weighted by Gasteiger charge is 2.45. The molecule has 1 aromatic heterocycles. The first kappa shape index (κ1) is 33.9. The molecule has 2 atom stereocenters.